The van der Waals surface area contributed by atoms with E-state index in [0.717, 1.165) is 60.8 Å². The van der Waals surface area contributed by atoms with E-state index in [1.54, 1.807) is 11.1 Å². The Hall–Kier alpha value is -2.95. The van der Waals surface area contributed by atoms with Gasteiger partial charge in [0, 0.05) is 66.9 Å². The number of nitrogens with zero attached hydrogens (tertiary/aromatic N) is 6. The molecule has 1 aliphatic carbocycles. The molecule has 45 heavy (non-hydrogen) atoms. The number of pyridine rings is 1. The van der Waals surface area contributed by atoms with E-state index in [2.05, 4.69) is 48.6 Å². The quantitative estimate of drug-likeness (QED) is 0.313. The van der Waals surface area contributed by atoms with Gasteiger partial charge in [-0.15, -0.1) is 0 Å². The van der Waals surface area contributed by atoms with Crippen LogP contribution in [0.15, 0.2) is 53.7 Å². The number of carbonyl (C=O) groups excluding carboxylic acids is 2. The summed E-state index contributed by atoms with van der Waals surface area (Å²) in [4.78, 5) is 43.5. The number of aryl methyl sites for hydroxylation is 3. The average molecular weight is 698 g/mol. The number of halogens is 2. The number of piperazine rings is 1. The maximum Gasteiger partial charge on any atom is 0.411 e. The van der Waals surface area contributed by atoms with E-state index in [1.807, 2.05) is 50.5 Å². The molecule has 1 unspecified atom stereocenters. The summed E-state index contributed by atoms with van der Waals surface area (Å²) in [5.74, 6) is -0.00479. The summed E-state index contributed by atoms with van der Waals surface area (Å²) in [6, 6.07) is 7.51. The summed E-state index contributed by atoms with van der Waals surface area (Å²) in [6.45, 7) is 8.42. The Morgan fingerprint density at radius 2 is 1.89 bits per heavy atom. The lowest BCUT2D eigenvalue weighted by Gasteiger charge is -2.46. The lowest BCUT2D eigenvalue weighted by molar-refractivity contribution is -0.143. The van der Waals surface area contributed by atoms with E-state index in [0.29, 0.717) is 31.2 Å². The molecule has 6 rings (SSSR count). The first-order valence-electron chi connectivity index (χ1n) is 16.0. The van der Waals surface area contributed by atoms with Crippen molar-refractivity contribution in [1.29, 1.82) is 0 Å². The van der Waals surface area contributed by atoms with Gasteiger partial charge in [-0.1, -0.05) is 17.7 Å². The topological polar surface area (TPSA) is 83.8 Å². The zero-order chi connectivity index (χ0) is 31.7. The van der Waals surface area contributed by atoms with Crippen molar-refractivity contribution in [3.63, 3.8) is 0 Å². The third-order valence-corrected chi connectivity index (χ3v) is 9.84. The van der Waals surface area contributed by atoms with Gasteiger partial charge in [0.25, 0.3) is 0 Å². The molecule has 3 aromatic rings. The summed E-state index contributed by atoms with van der Waals surface area (Å²) in [5.41, 5.74) is 3.84. The molecule has 2 amide bonds. The Balaban J connectivity index is 1.34. The minimum atomic E-state index is -0.680. The molecule has 2 aromatic heterocycles. The van der Waals surface area contributed by atoms with E-state index in [-0.39, 0.29) is 18.0 Å². The second-order valence-electron chi connectivity index (χ2n) is 13.4. The number of carbonyl (C=O) groups is 2. The summed E-state index contributed by atoms with van der Waals surface area (Å²) >= 11 is 10.1. The highest BCUT2D eigenvalue weighted by Crippen LogP contribution is 2.39. The predicted octanol–water partition coefficient (Wildman–Crippen LogP) is 6.27. The van der Waals surface area contributed by atoms with Crippen LogP contribution in [0.2, 0.25) is 5.02 Å². The zero-order valence-electron chi connectivity index (χ0n) is 26.3. The van der Waals surface area contributed by atoms with Gasteiger partial charge in [0.2, 0.25) is 5.91 Å². The number of hydrogen-bond acceptors (Lipinski definition) is 6. The second kappa shape index (κ2) is 13.4. The molecule has 0 spiro atoms. The molecule has 11 heteroatoms. The van der Waals surface area contributed by atoms with Gasteiger partial charge in [0.05, 0.1) is 18.1 Å². The van der Waals surface area contributed by atoms with E-state index < -0.39 is 17.7 Å². The van der Waals surface area contributed by atoms with Crippen LogP contribution >= 0.6 is 27.5 Å². The Kier molecular flexibility index (Phi) is 9.54. The maximum absolute atomic E-state index is 14.7. The molecule has 3 atom stereocenters. The number of aromatic nitrogens is 3. The molecule has 3 aliphatic rings. The first-order valence-corrected chi connectivity index (χ1v) is 17.2. The highest BCUT2D eigenvalue weighted by atomic mass is 79.9. The van der Waals surface area contributed by atoms with Crippen LogP contribution in [-0.2, 0) is 28.9 Å². The SMILES string of the molecule is CC(C)(C)OC(=O)N1CCN([C@H]2c3ccc(Cl)cc3CCc3cc(Br)cnc32)C[C@@H]1C(=O)N1CCCCC1CCn1ccnc1. The number of benzene rings is 1. The normalized spacial score (nSPS) is 22.4. The molecule has 0 N–H and O–H groups in total. The van der Waals surface area contributed by atoms with Gasteiger partial charge in [-0.3, -0.25) is 19.6 Å². The molecular weight excluding hydrogens is 656 g/mol. The van der Waals surface area contributed by atoms with Crippen molar-refractivity contribution in [3.8, 4) is 0 Å². The number of rotatable bonds is 5. The van der Waals surface area contributed by atoms with Crippen LogP contribution in [-0.4, -0.2) is 85.1 Å². The fraction of sp³-hybridized carbons (Fsp3) is 0.529. The number of piperidine rings is 1. The molecule has 2 fully saturated rings. The number of ether oxygens (including phenoxy) is 1. The first-order chi connectivity index (χ1) is 21.6. The summed E-state index contributed by atoms with van der Waals surface area (Å²) in [5, 5.41) is 0.710. The van der Waals surface area contributed by atoms with Crippen LogP contribution < -0.4 is 0 Å². The van der Waals surface area contributed by atoms with Gasteiger partial charge in [-0.05, 0) is 110 Å². The van der Waals surface area contributed by atoms with Gasteiger partial charge < -0.3 is 14.2 Å². The van der Waals surface area contributed by atoms with Crippen LogP contribution in [0.4, 0.5) is 4.79 Å². The van der Waals surface area contributed by atoms with Crippen molar-refractivity contribution >= 4 is 39.5 Å². The van der Waals surface area contributed by atoms with Gasteiger partial charge >= 0.3 is 6.09 Å². The first kappa shape index (κ1) is 32.0. The maximum atomic E-state index is 14.7. The monoisotopic (exact) mass is 696 g/mol. The number of fused-ring (bicyclic) bond motifs is 2. The van der Waals surface area contributed by atoms with Gasteiger partial charge in [-0.25, -0.2) is 9.78 Å². The van der Waals surface area contributed by atoms with E-state index in [4.69, 9.17) is 21.3 Å². The van der Waals surface area contributed by atoms with Crippen molar-refractivity contribution in [2.24, 2.45) is 0 Å². The van der Waals surface area contributed by atoms with Crippen LogP contribution in [0, 0.1) is 0 Å². The summed E-state index contributed by atoms with van der Waals surface area (Å²) in [6.07, 6.45) is 12.5. The van der Waals surface area contributed by atoms with Crippen LogP contribution in [0.3, 0.4) is 0 Å². The predicted molar refractivity (Wildman–Crippen MR) is 177 cm³/mol. The molecule has 2 aliphatic heterocycles. The smallest absolute Gasteiger partial charge is 0.411 e. The third kappa shape index (κ3) is 7.23. The Morgan fingerprint density at radius 3 is 2.67 bits per heavy atom. The highest BCUT2D eigenvalue weighted by molar-refractivity contribution is 9.10. The minimum absolute atomic E-state index is 0.00479. The number of imidazole rings is 1. The number of hydrogen-bond donors (Lipinski definition) is 0. The molecule has 0 bridgehead atoms. The molecule has 2 saturated heterocycles. The Labute approximate surface area is 279 Å². The van der Waals surface area contributed by atoms with Crippen molar-refractivity contribution < 1.29 is 14.3 Å². The van der Waals surface area contributed by atoms with Gasteiger partial charge in [0.15, 0.2) is 0 Å². The molecule has 1 aromatic carbocycles. The van der Waals surface area contributed by atoms with Crippen LogP contribution in [0.5, 0.6) is 0 Å². The van der Waals surface area contributed by atoms with Gasteiger partial charge in [0.1, 0.15) is 11.6 Å². The fourth-order valence-corrected chi connectivity index (χ4v) is 7.64. The highest BCUT2D eigenvalue weighted by Gasteiger charge is 2.44. The summed E-state index contributed by atoms with van der Waals surface area (Å²) in [7, 11) is 0. The van der Waals surface area contributed by atoms with Crippen molar-refractivity contribution in [1.82, 2.24) is 29.2 Å². The van der Waals surface area contributed by atoms with Crippen molar-refractivity contribution in [3.05, 3.63) is 81.1 Å². The van der Waals surface area contributed by atoms with E-state index >= 15 is 0 Å². The van der Waals surface area contributed by atoms with Crippen molar-refractivity contribution in [2.75, 3.05) is 26.2 Å². The molecule has 4 heterocycles. The fourth-order valence-electron chi connectivity index (χ4n) is 7.07. The Bertz CT molecular complexity index is 1470. The lowest BCUT2D eigenvalue weighted by atomic mass is 9.94. The van der Waals surface area contributed by atoms with Gasteiger partial charge in [-0.2, -0.15) is 0 Å². The third-order valence-electron chi connectivity index (χ3n) is 9.17. The van der Waals surface area contributed by atoms with Crippen molar-refractivity contribution in [2.45, 2.75) is 89.6 Å². The molecular formula is C34H42BrClN6O3. The average Bonchev–Trinajstić information content (AvgIpc) is 3.48. The molecule has 0 saturated carbocycles. The standard InChI is InChI=1S/C34H42BrClN6O3/c1-34(2,3)45-33(44)42-17-16-40(21-29(42)32(43)41-13-5-4-6-27(41)11-14-39-15-12-37-22-39)31-28-10-9-26(36)19-23(28)7-8-24-18-25(35)20-38-30(24)31/h9-10,12,15,18-20,22,27,29,31H,4-8,11,13-14,16-17,21H2,1-3H3/t27?,29-,31+/m1/s1. The van der Waals surface area contributed by atoms with Crippen LogP contribution in [0.1, 0.15) is 74.9 Å². The second-order valence-corrected chi connectivity index (χ2v) is 14.8. The minimum Gasteiger partial charge on any atom is -0.444 e. The van der Waals surface area contributed by atoms with Crippen LogP contribution in [0.25, 0.3) is 0 Å². The number of likely N-dealkylation sites (tertiary alicyclic amines) is 1. The van der Waals surface area contributed by atoms with E-state index in [9.17, 15) is 9.59 Å². The molecule has 240 valence electrons. The lowest BCUT2D eigenvalue weighted by Crippen LogP contribution is -2.63. The summed E-state index contributed by atoms with van der Waals surface area (Å²) < 4.78 is 8.87. The Morgan fingerprint density at radius 1 is 1.07 bits per heavy atom. The largest absolute Gasteiger partial charge is 0.444 e. The zero-order valence-corrected chi connectivity index (χ0v) is 28.6. The molecule has 9 nitrogen and oxygen atoms in total. The number of amides is 2. The van der Waals surface area contributed by atoms with E-state index in [1.165, 1.54) is 11.1 Å². The molecule has 0 radical (unpaired) electrons.